The largest absolute Gasteiger partial charge is 0.472 e. The van der Waals surface area contributed by atoms with Crippen molar-refractivity contribution in [2.75, 3.05) is 13.1 Å². The number of halogens is 4. The molecule has 36 heavy (non-hydrogen) atoms. The SMILES string of the molecule is O=C(c1nc2c(C(F)(F)F)cc(-c3ccoc3)cn2c1Cl)N1CC(NS(=O)(=O)Cc2ccccc2)C1. The third-order valence-corrected chi connectivity index (χ3v) is 7.51. The molecule has 1 aliphatic rings. The van der Waals surface area contributed by atoms with Crippen LogP contribution in [0.2, 0.25) is 5.15 Å². The van der Waals surface area contributed by atoms with Crippen LogP contribution in [0, 0.1) is 0 Å². The van der Waals surface area contributed by atoms with E-state index in [0.717, 1.165) is 10.5 Å². The van der Waals surface area contributed by atoms with Gasteiger partial charge in [-0.3, -0.25) is 9.20 Å². The standard InChI is InChI=1S/C23H18ClF3N4O4S/c24-20-19(22(32)30-10-17(11-30)29-36(33,34)13-14-4-2-1-3-5-14)28-21-18(23(25,26)27)8-16(9-31(20)21)15-6-7-35-12-15/h1-9,12,17,29H,10-11,13H2. The number of benzene rings is 1. The number of rotatable bonds is 6. The Balaban J connectivity index is 1.36. The molecule has 8 nitrogen and oxygen atoms in total. The van der Waals surface area contributed by atoms with Crippen molar-refractivity contribution >= 4 is 33.2 Å². The first kappa shape index (κ1) is 24.3. The maximum absolute atomic E-state index is 13.8. The third kappa shape index (κ3) is 4.71. The molecule has 1 saturated heterocycles. The molecule has 5 rings (SSSR count). The van der Waals surface area contributed by atoms with Gasteiger partial charge in [0.1, 0.15) is 5.15 Å². The molecule has 1 aromatic carbocycles. The number of carbonyl (C=O) groups is 1. The molecule has 1 fully saturated rings. The molecule has 0 spiro atoms. The van der Waals surface area contributed by atoms with Crippen LogP contribution in [-0.4, -0.2) is 47.7 Å². The monoisotopic (exact) mass is 538 g/mol. The summed E-state index contributed by atoms with van der Waals surface area (Å²) in [4.78, 5) is 18.2. The average Bonchev–Trinajstić information content (AvgIpc) is 3.43. The van der Waals surface area contributed by atoms with Gasteiger partial charge in [0.25, 0.3) is 5.91 Å². The molecule has 13 heteroatoms. The molecule has 0 bridgehead atoms. The molecule has 4 heterocycles. The molecule has 1 amide bonds. The van der Waals surface area contributed by atoms with Gasteiger partial charge in [0.2, 0.25) is 10.0 Å². The van der Waals surface area contributed by atoms with Gasteiger partial charge in [-0.1, -0.05) is 41.9 Å². The fourth-order valence-corrected chi connectivity index (χ4v) is 5.63. The summed E-state index contributed by atoms with van der Waals surface area (Å²) in [6.45, 7) is 0.0624. The number of aromatic nitrogens is 2. The summed E-state index contributed by atoms with van der Waals surface area (Å²) in [5, 5.41) is -0.279. The van der Waals surface area contributed by atoms with E-state index in [1.807, 2.05) is 0 Å². The fraction of sp³-hybridized carbons (Fsp3) is 0.217. The summed E-state index contributed by atoms with van der Waals surface area (Å²) >= 11 is 6.32. The Morgan fingerprint density at radius 3 is 2.53 bits per heavy atom. The zero-order valence-electron chi connectivity index (χ0n) is 18.4. The van der Waals surface area contributed by atoms with Gasteiger partial charge >= 0.3 is 6.18 Å². The van der Waals surface area contributed by atoms with Gasteiger partial charge in [0, 0.05) is 30.4 Å². The van der Waals surface area contributed by atoms with Crippen LogP contribution in [-0.2, 0) is 22.0 Å². The zero-order chi connectivity index (χ0) is 25.7. The Morgan fingerprint density at radius 1 is 1.17 bits per heavy atom. The topological polar surface area (TPSA) is 96.9 Å². The first-order valence-electron chi connectivity index (χ1n) is 10.7. The molecular weight excluding hydrogens is 521 g/mol. The summed E-state index contributed by atoms with van der Waals surface area (Å²) in [6, 6.07) is 10.5. The Morgan fingerprint density at radius 2 is 1.89 bits per heavy atom. The Labute approximate surface area is 208 Å². The van der Waals surface area contributed by atoms with Crippen LogP contribution in [0.3, 0.4) is 0 Å². The number of pyridine rings is 1. The highest BCUT2D eigenvalue weighted by Gasteiger charge is 2.39. The normalized spacial score (nSPS) is 14.8. The number of nitrogens with zero attached hydrogens (tertiary/aromatic N) is 3. The van der Waals surface area contributed by atoms with Gasteiger partial charge in [0.05, 0.1) is 29.9 Å². The van der Waals surface area contributed by atoms with Crippen LogP contribution in [0.5, 0.6) is 0 Å². The van der Waals surface area contributed by atoms with Crippen LogP contribution < -0.4 is 4.72 Å². The van der Waals surface area contributed by atoms with E-state index >= 15 is 0 Å². The smallest absolute Gasteiger partial charge is 0.420 e. The summed E-state index contributed by atoms with van der Waals surface area (Å²) in [6.07, 6.45) is -0.796. The maximum atomic E-state index is 13.8. The lowest BCUT2D eigenvalue weighted by Gasteiger charge is -2.38. The number of likely N-dealkylation sites (tertiary alicyclic amines) is 1. The van der Waals surface area contributed by atoms with Crippen LogP contribution in [0.4, 0.5) is 13.2 Å². The van der Waals surface area contributed by atoms with E-state index in [4.69, 9.17) is 16.0 Å². The van der Waals surface area contributed by atoms with E-state index < -0.39 is 39.4 Å². The summed E-state index contributed by atoms with van der Waals surface area (Å²) in [5.41, 5.74) is -0.728. The highest BCUT2D eigenvalue weighted by atomic mass is 35.5. The number of alkyl halides is 3. The number of fused-ring (bicyclic) bond motifs is 1. The van der Waals surface area contributed by atoms with Crippen LogP contribution in [0.15, 0.2) is 65.6 Å². The number of hydrogen-bond acceptors (Lipinski definition) is 5. The lowest BCUT2D eigenvalue weighted by molar-refractivity contribution is -0.136. The van der Waals surface area contributed by atoms with Crippen LogP contribution in [0.25, 0.3) is 16.8 Å². The van der Waals surface area contributed by atoms with Crippen molar-refractivity contribution < 1.29 is 30.8 Å². The lowest BCUT2D eigenvalue weighted by atomic mass is 10.1. The number of carbonyl (C=O) groups excluding carboxylic acids is 1. The molecule has 0 saturated carbocycles. The molecule has 0 aliphatic carbocycles. The van der Waals surface area contributed by atoms with Crippen molar-refractivity contribution in [3.05, 3.63) is 83.2 Å². The average molecular weight is 539 g/mol. The fourth-order valence-electron chi connectivity index (χ4n) is 4.01. The van der Waals surface area contributed by atoms with E-state index in [1.54, 1.807) is 30.3 Å². The molecular formula is C23H18ClF3N4O4S. The number of nitrogens with one attached hydrogen (secondary N) is 1. The van der Waals surface area contributed by atoms with Crippen molar-refractivity contribution in [3.8, 4) is 11.1 Å². The van der Waals surface area contributed by atoms with Crippen LogP contribution >= 0.6 is 11.6 Å². The number of hydrogen-bond donors (Lipinski definition) is 1. The number of imidazole rings is 1. The molecule has 1 N–H and O–H groups in total. The zero-order valence-corrected chi connectivity index (χ0v) is 19.9. The molecule has 1 aliphatic heterocycles. The predicted octanol–water partition coefficient (Wildman–Crippen LogP) is 4.21. The molecule has 0 unspecified atom stereocenters. The molecule has 0 radical (unpaired) electrons. The van der Waals surface area contributed by atoms with Crippen molar-refractivity contribution in [3.63, 3.8) is 0 Å². The van der Waals surface area contributed by atoms with Crippen molar-refractivity contribution in [2.24, 2.45) is 0 Å². The summed E-state index contributed by atoms with van der Waals surface area (Å²) in [7, 11) is -3.65. The third-order valence-electron chi connectivity index (χ3n) is 5.74. The van der Waals surface area contributed by atoms with E-state index in [0.29, 0.717) is 11.1 Å². The van der Waals surface area contributed by atoms with E-state index in [9.17, 15) is 26.4 Å². The van der Waals surface area contributed by atoms with Crippen molar-refractivity contribution in [1.82, 2.24) is 19.0 Å². The highest BCUT2D eigenvalue weighted by molar-refractivity contribution is 7.88. The van der Waals surface area contributed by atoms with E-state index in [-0.39, 0.29) is 35.3 Å². The first-order chi connectivity index (χ1) is 17.0. The second kappa shape index (κ2) is 8.95. The summed E-state index contributed by atoms with van der Waals surface area (Å²) < 4.78 is 74.8. The maximum Gasteiger partial charge on any atom is 0.420 e. The Kier molecular flexibility index (Phi) is 6.05. The van der Waals surface area contributed by atoms with Gasteiger partial charge in [-0.15, -0.1) is 0 Å². The van der Waals surface area contributed by atoms with Crippen molar-refractivity contribution in [1.29, 1.82) is 0 Å². The van der Waals surface area contributed by atoms with Gasteiger partial charge in [-0.05, 0) is 17.7 Å². The minimum Gasteiger partial charge on any atom is -0.472 e. The Hall–Kier alpha value is -3.35. The number of sulfonamides is 1. The lowest BCUT2D eigenvalue weighted by Crippen LogP contribution is -2.61. The van der Waals surface area contributed by atoms with Gasteiger partial charge < -0.3 is 9.32 Å². The highest BCUT2D eigenvalue weighted by Crippen LogP contribution is 2.37. The summed E-state index contributed by atoms with van der Waals surface area (Å²) in [5.74, 6) is -0.907. The van der Waals surface area contributed by atoms with Gasteiger partial charge in [0.15, 0.2) is 11.3 Å². The quantitative estimate of drug-likeness (QED) is 0.397. The van der Waals surface area contributed by atoms with Gasteiger partial charge in [-0.2, -0.15) is 13.2 Å². The van der Waals surface area contributed by atoms with Crippen molar-refractivity contribution in [2.45, 2.75) is 18.0 Å². The molecule has 188 valence electrons. The number of furan rings is 1. The Bertz CT molecular complexity index is 1530. The predicted molar refractivity (Wildman–Crippen MR) is 125 cm³/mol. The minimum atomic E-state index is -4.76. The van der Waals surface area contributed by atoms with Gasteiger partial charge in [-0.25, -0.2) is 18.1 Å². The number of amides is 1. The molecule has 3 aromatic heterocycles. The second-order valence-electron chi connectivity index (χ2n) is 8.37. The van der Waals surface area contributed by atoms with Crippen LogP contribution in [0.1, 0.15) is 21.6 Å². The minimum absolute atomic E-state index is 0.0312. The first-order valence-corrected chi connectivity index (χ1v) is 12.7. The molecule has 0 atom stereocenters. The molecule has 4 aromatic rings. The van der Waals surface area contributed by atoms with E-state index in [2.05, 4.69) is 9.71 Å². The van der Waals surface area contributed by atoms with E-state index in [1.165, 1.54) is 29.7 Å². The second-order valence-corrected chi connectivity index (χ2v) is 10.5.